The first-order chi connectivity index (χ1) is 6.72. The third-order valence-corrected chi connectivity index (χ3v) is 4.89. The minimum absolute atomic E-state index is 0.493. The summed E-state index contributed by atoms with van der Waals surface area (Å²) in [5.41, 5.74) is 3.84. The van der Waals surface area contributed by atoms with E-state index in [4.69, 9.17) is 0 Å². The summed E-state index contributed by atoms with van der Waals surface area (Å²) < 4.78 is 0. The van der Waals surface area contributed by atoms with Crippen LogP contribution in [0.15, 0.2) is 22.2 Å². The van der Waals surface area contributed by atoms with Crippen LogP contribution in [-0.4, -0.2) is 0 Å². The van der Waals surface area contributed by atoms with Crippen molar-refractivity contribution >= 4 is 15.9 Å². The summed E-state index contributed by atoms with van der Waals surface area (Å²) in [4.78, 5) is 2.19. The molecule has 0 bridgehead atoms. The van der Waals surface area contributed by atoms with Crippen molar-refractivity contribution in [1.29, 1.82) is 0 Å². The highest BCUT2D eigenvalue weighted by Crippen LogP contribution is 2.57. The van der Waals surface area contributed by atoms with Crippen LogP contribution in [0.2, 0.25) is 0 Å². The lowest BCUT2D eigenvalue weighted by Gasteiger charge is -2.39. The molecule has 0 aliphatic heterocycles. The van der Waals surface area contributed by atoms with Crippen LogP contribution in [0.25, 0.3) is 0 Å². The first kappa shape index (κ1) is 10.5. The fraction of sp³-hybridized carbons (Fsp3) is 0.692. The Morgan fingerprint density at radius 1 is 1.43 bits per heavy atom. The third kappa shape index (κ3) is 1.41. The van der Waals surface area contributed by atoms with Gasteiger partial charge in [-0.25, -0.2) is 0 Å². The van der Waals surface area contributed by atoms with Crippen LogP contribution in [0, 0.1) is 11.3 Å². The summed E-state index contributed by atoms with van der Waals surface area (Å²) >= 11 is 3.53. The van der Waals surface area contributed by atoms with Crippen LogP contribution in [0.4, 0.5) is 0 Å². The fourth-order valence-corrected chi connectivity index (χ4v) is 4.04. The van der Waals surface area contributed by atoms with E-state index in [1.807, 2.05) is 0 Å². The molecule has 0 saturated heterocycles. The second-order valence-corrected chi connectivity index (χ2v) is 5.32. The zero-order valence-electron chi connectivity index (χ0n) is 9.15. The zero-order valence-corrected chi connectivity index (χ0v) is 10.7. The van der Waals surface area contributed by atoms with Gasteiger partial charge in [0.25, 0.3) is 0 Å². The topological polar surface area (TPSA) is 0 Å². The zero-order chi connectivity index (χ0) is 10.2. The van der Waals surface area contributed by atoms with E-state index in [1.54, 1.807) is 11.1 Å². The maximum atomic E-state index is 3.53. The van der Waals surface area contributed by atoms with Crippen molar-refractivity contribution in [2.45, 2.75) is 46.0 Å². The predicted molar refractivity (Wildman–Crippen MR) is 65.4 cm³/mol. The first-order valence-electron chi connectivity index (χ1n) is 5.67. The van der Waals surface area contributed by atoms with Crippen LogP contribution in [0.1, 0.15) is 46.0 Å². The molecule has 78 valence electrons. The SMILES string of the molecule is CC=C1CCC2C(=CBr)CCC[C@]12C. The smallest absolute Gasteiger partial charge is 0.00506 e. The van der Waals surface area contributed by atoms with E-state index in [2.05, 4.69) is 40.8 Å². The first-order valence-corrected chi connectivity index (χ1v) is 6.58. The summed E-state index contributed by atoms with van der Waals surface area (Å²) in [6.07, 6.45) is 9.11. The molecule has 0 aromatic carbocycles. The minimum Gasteiger partial charge on any atom is -0.0879 e. The highest BCUT2D eigenvalue weighted by molar-refractivity contribution is 9.11. The van der Waals surface area contributed by atoms with E-state index in [0.29, 0.717) is 5.41 Å². The van der Waals surface area contributed by atoms with Crippen LogP contribution < -0.4 is 0 Å². The van der Waals surface area contributed by atoms with E-state index < -0.39 is 0 Å². The van der Waals surface area contributed by atoms with E-state index >= 15 is 0 Å². The largest absolute Gasteiger partial charge is 0.0879 e. The molecule has 1 unspecified atom stereocenters. The molecule has 0 aromatic rings. The molecule has 2 aliphatic carbocycles. The average Bonchev–Trinajstić information content (AvgIpc) is 2.53. The molecular formula is C13H19Br. The number of allylic oxidation sites excluding steroid dienone is 3. The van der Waals surface area contributed by atoms with Crippen molar-refractivity contribution in [3.05, 3.63) is 22.2 Å². The van der Waals surface area contributed by atoms with Crippen LogP contribution in [0.5, 0.6) is 0 Å². The van der Waals surface area contributed by atoms with E-state index in [9.17, 15) is 0 Å². The van der Waals surface area contributed by atoms with Gasteiger partial charge in [0.2, 0.25) is 0 Å². The molecule has 2 aliphatic rings. The summed E-state index contributed by atoms with van der Waals surface area (Å²) in [5.74, 6) is 0.821. The Bertz CT molecular complexity index is 288. The Balaban J connectivity index is 2.35. The Labute approximate surface area is 95.6 Å². The molecule has 2 fully saturated rings. The van der Waals surface area contributed by atoms with Gasteiger partial charge in [-0.2, -0.15) is 0 Å². The molecular weight excluding hydrogens is 236 g/mol. The van der Waals surface area contributed by atoms with Gasteiger partial charge in [-0.15, -0.1) is 0 Å². The molecule has 2 saturated carbocycles. The minimum atomic E-state index is 0.493. The normalized spacial score (nSPS) is 43.2. The molecule has 0 heterocycles. The predicted octanol–water partition coefficient (Wildman–Crippen LogP) is 4.81. The van der Waals surface area contributed by atoms with Gasteiger partial charge in [0.15, 0.2) is 0 Å². The van der Waals surface area contributed by atoms with Crippen molar-refractivity contribution < 1.29 is 0 Å². The molecule has 0 radical (unpaired) electrons. The summed E-state index contributed by atoms with van der Waals surface area (Å²) in [6, 6.07) is 0. The number of hydrogen-bond acceptors (Lipinski definition) is 0. The Kier molecular flexibility index (Phi) is 2.88. The molecule has 1 heteroatoms. The van der Waals surface area contributed by atoms with Gasteiger partial charge in [0, 0.05) is 0 Å². The maximum Gasteiger partial charge on any atom is -0.00506 e. The molecule has 0 spiro atoms. The van der Waals surface area contributed by atoms with Crippen molar-refractivity contribution in [2.24, 2.45) is 11.3 Å². The lowest BCUT2D eigenvalue weighted by Crippen LogP contribution is -2.28. The molecule has 0 amide bonds. The quantitative estimate of drug-likeness (QED) is 0.545. The number of hydrogen-bond donors (Lipinski definition) is 0. The van der Waals surface area contributed by atoms with Gasteiger partial charge in [0.05, 0.1) is 0 Å². The van der Waals surface area contributed by atoms with Crippen molar-refractivity contribution in [3.8, 4) is 0 Å². The van der Waals surface area contributed by atoms with E-state index in [-0.39, 0.29) is 0 Å². The summed E-state index contributed by atoms with van der Waals surface area (Å²) in [6.45, 7) is 4.67. The Morgan fingerprint density at radius 2 is 2.21 bits per heavy atom. The van der Waals surface area contributed by atoms with Crippen LogP contribution in [0.3, 0.4) is 0 Å². The lowest BCUT2D eigenvalue weighted by atomic mass is 9.66. The van der Waals surface area contributed by atoms with Crippen molar-refractivity contribution in [2.75, 3.05) is 0 Å². The van der Waals surface area contributed by atoms with Crippen LogP contribution in [-0.2, 0) is 0 Å². The van der Waals surface area contributed by atoms with Crippen LogP contribution >= 0.6 is 15.9 Å². The van der Waals surface area contributed by atoms with Gasteiger partial charge in [-0.1, -0.05) is 40.1 Å². The van der Waals surface area contributed by atoms with E-state index in [1.165, 1.54) is 32.1 Å². The highest BCUT2D eigenvalue weighted by atomic mass is 79.9. The van der Waals surface area contributed by atoms with Crippen molar-refractivity contribution in [1.82, 2.24) is 0 Å². The number of fused-ring (bicyclic) bond motifs is 1. The maximum absolute atomic E-state index is 3.53. The third-order valence-electron chi connectivity index (χ3n) is 4.30. The molecule has 0 nitrogen and oxygen atoms in total. The van der Waals surface area contributed by atoms with Gasteiger partial charge >= 0.3 is 0 Å². The Morgan fingerprint density at radius 3 is 2.86 bits per heavy atom. The average molecular weight is 255 g/mol. The fourth-order valence-electron chi connectivity index (χ4n) is 3.50. The lowest BCUT2D eigenvalue weighted by molar-refractivity contribution is 0.246. The standard InChI is InChI=1S/C13H19Br/c1-3-11-6-7-12-10(9-14)5-4-8-13(11,12)2/h3,9,12H,4-8H2,1-2H3/t12?,13-/m1/s1. The number of halogens is 1. The van der Waals surface area contributed by atoms with Gasteiger partial charge in [-0.3, -0.25) is 0 Å². The second kappa shape index (κ2) is 3.84. The second-order valence-electron chi connectivity index (χ2n) is 4.86. The van der Waals surface area contributed by atoms with Gasteiger partial charge in [0.1, 0.15) is 0 Å². The van der Waals surface area contributed by atoms with Gasteiger partial charge < -0.3 is 0 Å². The Hall–Kier alpha value is -0.0400. The molecule has 2 rings (SSSR count). The monoisotopic (exact) mass is 254 g/mol. The summed E-state index contributed by atoms with van der Waals surface area (Å²) in [7, 11) is 0. The van der Waals surface area contributed by atoms with Gasteiger partial charge in [-0.05, 0) is 55.3 Å². The number of rotatable bonds is 0. The molecule has 2 atom stereocenters. The summed E-state index contributed by atoms with van der Waals surface area (Å²) in [5, 5.41) is 0. The molecule has 14 heavy (non-hydrogen) atoms. The van der Waals surface area contributed by atoms with E-state index in [0.717, 1.165) is 5.92 Å². The molecule has 0 aromatic heterocycles. The highest BCUT2D eigenvalue weighted by Gasteiger charge is 2.45. The van der Waals surface area contributed by atoms with Crippen molar-refractivity contribution in [3.63, 3.8) is 0 Å². The molecule has 0 N–H and O–H groups in total.